The fourth-order valence-corrected chi connectivity index (χ4v) is 3.42. The SMILES string of the molecule is C=C.C=C(NCCCC)/C(=C\C1CC1)C1=C(S)CCCC1C.CC. The summed E-state index contributed by atoms with van der Waals surface area (Å²) in [6.07, 6.45) is 11.3. The van der Waals surface area contributed by atoms with Crippen molar-refractivity contribution in [1.82, 2.24) is 5.32 Å². The Balaban J connectivity index is 0.00000123. The van der Waals surface area contributed by atoms with E-state index >= 15 is 0 Å². The van der Waals surface area contributed by atoms with Crippen LogP contribution in [0, 0.1) is 11.8 Å². The first kappa shape index (κ1) is 23.1. The van der Waals surface area contributed by atoms with Crippen LogP contribution in [0.4, 0.5) is 0 Å². The fraction of sp³-hybridized carbons (Fsp3) is 0.636. The van der Waals surface area contributed by atoms with Crippen LogP contribution in [0.25, 0.3) is 0 Å². The molecule has 1 atom stereocenters. The molecule has 0 bridgehead atoms. The molecule has 1 N–H and O–H groups in total. The summed E-state index contributed by atoms with van der Waals surface area (Å²) in [4.78, 5) is 1.29. The number of allylic oxidation sites excluding steroid dienone is 3. The Kier molecular flexibility index (Phi) is 12.9. The molecule has 1 unspecified atom stereocenters. The van der Waals surface area contributed by atoms with Crippen molar-refractivity contribution in [3.8, 4) is 0 Å². The lowest BCUT2D eigenvalue weighted by Crippen LogP contribution is -2.20. The molecule has 0 aromatic rings. The predicted octanol–water partition coefficient (Wildman–Crippen LogP) is 7.06. The maximum Gasteiger partial charge on any atom is 0.0340 e. The third-order valence-electron chi connectivity index (χ3n) is 4.36. The second kappa shape index (κ2) is 13.4. The molecular formula is C22H39NS. The van der Waals surface area contributed by atoms with Crippen molar-refractivity contribution < 1.29 is 0 Å². The normalized spacial score (nSPS) is 20.4. The van der Waals surface area contributed by atoms with Crippen molar-refractivity contribution in [1.29, 1.82) is 0 Å². The number of rotatable bonds is 7. The summed E-state index contributed by atoms with van der Waals surface area (Å²) < 4.78 is 0. The zero-order valence-corrected chi connectivity index (χ0v) is 17.4. The van der Waals surface area contributed by atoms with Gasteiger partial charge >= 0.3 is 0 Å². The van der Waals surface area contributed by atoms with Crippen LogP contribution in [0.5, 0.6) is 0 Å². The van der Waals surface area contributed by atoms with Crippen LogP contribution in [0.15, 0.2) is 47.6 Å². The summed E-state index contributed by atoms with van der Waals surface area (Å²) in [5, 5.41) is 3.52. The van der Waals surface area contributed by atoms with E-state index in [4.69, 9.17) is 12.6 Å². The molecule has 24 heavy (non-hydrogen) atoms. The molecule has 2 aliphatic carbocycles. The molecule has 2 heteroatoms. The van der Waals surface area contributed by atoms with Crippen LogP contribution in [0.1, 0.15) is 72.6 Å². The summed E-state index contributed by atoms with van der Waals surface area (Å²) in [6.45, 7) is 19.9. The molecule has 0 spiro atoms. The number of unbranched alkanes of at least 4 members (excludes halogenated alkanes) is 1. The van der Waals surface area contributed by atoms with Crippen LogP contribution in [-0.4, -0.2) is 6.54 Å². The van der Waals surface area contributed by atoms with Gasteiger partial charge in [0.25, 0.3) is 0 Å². The predicted molar refractivity (Wildman–Crippen MR) is 114 cm³/mol. The molecule has 0 aromatic carbocycles. The largest absolute Gasteiger partial charge is 0.385 e. The smallest absolute Gasteiger partial charge is 0.0340 e. The molecule has 1 saturated carbocycles. The van der Waals surface area contributed by atoms with E-state index in [1.165, 1.54) is 54.6 Å². The van der Waals surface area contributed by atoms with Crippen molar-refractivity contribution in [2.24, 2.45) is 11.8 Å². The van der Waals surface area contributed by atoms with E-state index in [1.807, 2.05) is 13.8 Å². The highest BCUT2D eigenvalue weighted by atomic mass is 32.1. The maximum absolute atomic E-state index is 4.77. The lowest BCUT2D eigenvalue weighted by Gasteiger charge is -2.27. The van der Waals surface area contributed by atoms with Crippen LogP contribution < -0.4 is 5.32 Å². The summed E-state index contributed by atoms with van der Waals surface area (Å²) in [5.74, 6) is 1.39. The van der Waals surface area contributed by atoms with Gasteiger partial charge in [0.15, 0.2) is 0 Å². The van der Waals surface area contributed by atoms with Gasteiger partial charge in [-0.2, -0.15) is 0 Å². The molecule has 138 valence electrons. The van der Waals surface area contributed by atoms with Gasteiger partial charge in [0.2, 0.25) is 0 Å². The monoisotopic (exact) mass is 349 g/mol. The van der Waals surface area contributed by atoms with Gasteiger partial charge in [-0.3, -0.25) is 0 Å². The molecule has 0 aromatic heterocycles. The minimum atomic E-state index is 0.617. The highest BCUT2D eigenvalue weighted by molar-refractivity contribution is 7.84. The summed E-state index contributed by atoms with van der Waals surface area (Å²) in [6, 6.07) is 0. The molecule has 2 rings (SSSR count). The number of nitrogens with one attached hydrogen (secondary N) is 1. The van der Waals surface area contributed by atoms with E-state index < -0.39 is 0 Å². The van der Waals surface area contributed by atoms with Crippen LogP contribution >= 0.6 is 12.6 Å². The average Bonchev–Trinajstić information content (AvgIpc) is 3.41. The van der Waals surface area contributed by atoms with Crippen molar-refractivity contribution in [2.45, 2.75) is 72.6 Å². The van der Waals surface area contributed by atoms with Gasteiger partial charge in [-0.25, -0.2) is 0 Å². The van der Waals surface area contributed by atoms with Crippen LogP contribution in [-0.2, 0) is 0 Å². The van der Waals surface area contributed by atoms with E-state index in [1.54, 1.807) is 0 Å². The molecule has 0 aliphatic heterocycles. The molecular weight excluding hydrogens is 310 g/mol. The average molecular weight is 350 g/mol. The highest BCUT2D eigenvalue weighted by Crippen LogP contribution is 2.41. The lowest BCUT2D eigenvalue weighted by molar-refractivity contribution is 0.551. The van der Waals surface area contributed by atoms with Gasteiger partial charge < -0.3 is 5.32 Å². The van der Waals surface area contributed by atoms with Crippen LogP contribution in [0.2, 0.25) is 0 Å². The fourth-order valence-electron chi connectivity index (χ4n) is 2.92. The van der Waals surface area contributed by atoms with Gasteiger partial charge in [0.1, 0.15) is 0 Å². The maximum atomic E-state index is 4.77. The quantitative estimate of drug-likeness (QED) is 0.217. The summed E-state index contributed by atoms with van der Waals surface area (Å²) in [5.41, 5.74) is 3.93. The molecule has 0 saturated heterocycles. The van der Waals surface area contributed by atoms with Gasteiger partial charge in [0, 0.05) is 12.2 Å². The van der Waals surface area contributed by atoms with Crippen LogP contribution in [0.3, 0.4) is 0 Å². The number of hydrogen-bond donors (Lipinski definition) is 2. The van der Waals surface area contributed by atoms with Crippen molar-refractivity contribution in [3.05, 3.63) is 47.6 Å². The van der Waals surface area contributed by atoms with Crippen molar-refractivity contribution >= 4 is 12.6 Å². The molecule has 1 nitrogen and oxygen atoms in total. The van der Waals surface area contributed by atoms with E-state index in [9.17, 15) is 0 Å². The minimum Gasteiger partial charge on any atom is -0.385 e. The van der Waals surface area contributed by atoms with Gasteiger partial charge in [-0.1, -0.05) is 46.8 Å². The first-order valence-electron chi connectivity index (χ1n) is 9.70. The number of thiol groups is 1. The van der Waals surface area contributed by atoms with Crippen molar-refractivity contribution in [3.63, 3.8) is 0 Å². The third kappa shape index (κ3) is 7.79. The zero-order valence-electron chi connectivity index (χ0n) is 16.5. The van der Waals surface area contributed by atoms with E-state index in [0.29, 0.717) is 5.92 Å². The van der Waals surface area contributed by atoms with E-state index in [-0.39, 0.29) is 0 Å². The van der Waals surface area contributed by atoms with Gasteiger partial charge in [0.05, 0.1) is 0 Å². The Morgan fingerprint density at radius 2 is 1.88 bits per heavy atom. The second-order valence-electron chi connectivity index (χ2n) is 6.33. The zero-order chi connectivity index (χ0) is 18.5. The third-order valence-corrected chi connectivity index (χ3v) is 4.83. The van der Waals surface area contributed by atoms with E-state index in [0.717, 1.165) is 24.6 Å². The van der Waals surface area contributed by atoms with Gasteiger partial charge in [-0.05, 0) is 66.4 Å². The molecule has 0 radical (unpaired) electrons. The lowest BCUT2D eigenvalue weighted by atomic mass is 9.83. The topological polar surface area (TPSA) is 12.0 Å². The second-order valence-corrected chi connectivity index (χ2v) is 6.87. The van der Waals surface area contributed by atoms with Crippen molar-refractivity contribution in [2.75, 3.05) is 6.54 Å². The number of hydrogen-bond acceptors (Lipinski definition) is 2. The Morgan fingerprint density at radius 3 is 2.38 bits per heavy atom. The summed E-state index contributed by atoms with van der Waals surface area (Å²) in [7, 11) is 0. The molecule has 0 amide bonds. The Labute approximate surface area is 156 Å². The standard InChI is InChI=1S/C18H29NS.C2H6.C2H4/c1-4-5-11-19-14(3)16(12-15-9-10-15)18-13(2)7-6-8-17(18)20;2*1-2/h12-13,15,19-20H,3-11H2,1-2H3;1-2H3;1-2H2/b16-12+;;. The molecule has 2 aliphatic rings. The molecule has 1 fully saturated rings. The van der Waals surface area contributed by atoms with E-state index in [2.05, 4.69) is 45.0 Å². The Bertz CT molecular complexity index is 429. The Hall–Kier alpha value is -0.890. The minimum absolute atomic E-state index is 0.617. The van der Waals surface area contributed by atoms with Gasteiger partial charge in [-0.15, -0.1) is 25.8 Å². The highest BCUT2D eigenvalue weighted by Gasteiger charge is 2.26. The summed E-state index contributed by atoms with van der Waals surface area (Å²) >= 11 is 4.77. The Morgan fingerprint density at radius 1 is 1.25 bits per heavy atom. The first-order chi connectivity index (χ1) is 11.6. The molecule has 0 heterocycles. The first-order valence-corrected chi connectivity index (χ1v) is 10.2.